The third-order valence-electron chi connectivity index (χ3n) is 5.91. The minimum atomic E-state index is 0.262. The molecule has 3 rings (SSSR count). The van der Waals surface area contributed by atoms with Gasteiger partial charge in [-0.15, -0.1) is 0 Å². The Morgan fingerprint density at radius 3 is 2.62 bits per heavy atom. The van der Waals surface area contributed by atoms with Crippen LogP contribution in [0, 0.1) is 19.8 Å². The van der Waals surface area contributed by atoms with Crippen LogP contribution in [0.25, 0.3) is 0 Å². The summed E-state index contributed by atoms with van der Waals surface area (Å²) in [7, 11) is 0. The molecule has 1 saturated heterocycles. The van der Waals surface area contributed by atoms with E-state index in [4.69, 9.17) is 4.74 Å². The van der Waals surface area contributed by atoms with Gasteiger partial charge >= 0.3 is 0 Å². The highest BCUT2D eigenvalue weighted by atomic mass is 16.5. The molecule has 6 heteroatoms. The number of carbonyl (C=O) groups excluding carboxylic acids is 1. The Hall–Kier alpha value is -2.24. The van der Waals surface area contributed by atoms with Gasteiger partial charge in [-0.05, 0) is 51.2 Å². The van der Waals surface area contributed by atoms with E-state index in [0.717, 1.165) is 61.7 Å². The lowest BCUT2D eigenvalue weighted by Gasteiger charge is -2.21. The van der Waals surface area contributed by atoms with Gasteiger partial charge < -0.3 is 20.3 Å². The zero-order valence-corrected chi connectivity index (χ0v) is 18.2. The van der Waals surface area contributed by atoms with Gasteiger partial charge in [0.2, 0.25) is 5.91 Å². The molecule has 6 nitrogen and oxygen atoms in total. The van der Waals surface area contributed by atoms with Gasteiger partial charge in [-0.2, -0.15) is 0 Å². The van der Waals surface area contributed by atoms with Gasteiger partial charge in [0.25, 0.3) is 0 Å². The van der Waals surface area contributed by atoms with Crippen LogP contribution >= 0.6 is 0 Å². The molecule has 1 aliphatic heterocycles. The number of aliphatic imine (C=N–C) groups is 1. The van der Waals surface area contributed by atoms with Crippen molar-refractivity contribution in [3.8, 4) is 5.75 Å². The van der Waals surface area contributed by atoms with Crippen LogP contribution in [0.15, 0.2) is 23.2 Å². The third kappa shape index (κ3) is 5.87. The third-order valence-corrected chi connectivity index (χ3v) is 5.91. The highest BCUT2D eigenvalue weighted by Gasteiger charge is 2.32. The monoisotopic (exact) mass is 400 g/mol. The van der Waals surface area contributed by atoms with E-state index in [-0.39, 0.29) is 12.0 Å². The van der Waals surface area contributed by atoms with Gasteiger partial charge in [-0.1, -0.05) is 31.0 Å². The molecule has 0 radical (unpaired) electrons. The van der Waals surface area contributed by atoms with Crippen molar-refractivity contribution in [1.29, 1.82) is 0 Å². The highest BCUT2D eigenvalue weighted by Crippen LogP contribution is 2.28. The molecular weight excluding hydrogens is 364 g/mol. The van der Waals surface area contributed by atoms with E-state index in [1.54, 1.807) is 0 Å². The summed E-state index contributed by atoms with van der Waals surface area (Å²) in [4.78, 5) is 19.3. The smallest absolute Gasteiger partial charge is 0.225 e. The maximum Gasteiger partial charge on any atom is 0.225 e. The van der Waals surface area contributed by atoms with Crippen molar-refractivity contribution in [2.24, 2.45) is 10.9 Å². The second kappa shape index (κ2) is 10.5. The first-order valence-electron chi connectivity index (χ1n) is 11.1. The average molecular weight is 401 g/mol. The molecule has 1 saturated carbocycles. The van der Waals surface area contributed by atoms with Crippen LogP contribution in [-0.2, 0) is 4.79 Å². The van der Waals surface area contributed by atoms with Gasteiger partial charge in [-0.3, -0.25) is 4.79 Å². The standard InChI is InChI=1S/C23H36N4O2/c1-4-24-23(25-13-15-29-21-17(2)8-7-9-18(21)3)26-20-12-14-27(16-20)22(28)19-10-5-6-11-19/h7-9,19-20H,4-6,10-16H2,1-3H3,(H2,24,25,26). The first kappa shape index (κ1) is 21.5. The fourth-order valence-corrected chi connectivity index (χ4v) is 4.35. The molecule has 160 valence electrons. The number of ether oxygens (including phenoxy) is 1. The summed E-state index contributed by atoms with van der Waals surface area (Å²) in [6.07, 6.45) is 5.51. The molecule has 1 unspecified atom stereocenters. The molecule has 29 heavy (non-hydrogen) atoms. The van der Waals surface area contributed by atoms with E-state index in [0.29, 0.717) is 19.1 Å². The number of para-hydroxylation sites is 1. The van der Waals surface area contributed by atoms with Crippen LogP contribution in [-0.4, -0.2) is 55.6 Å². The average Bonchev–Trinajstić information content (AvgIpc) is 3.39. The van der Waals surface area contributed by atoms with Crippen molar-refractivity contribution in [3.63, 3.8) is 0 Å². The first-order valence-corrected chi connectivity index (χ1v) is 11.1. The number of aryl methyl sites for hydroxylation is 2. The van der Waals surface area contributed by atoms with Gasteiger partial charge in [0.15, 0.2) is 5.96 Å². The lowest BCUT2D eigenvalue weighted by Crippen LogP contribution is -2.45. The van der Waals surface area contributed by atoms with Crippen LogP contribution in [0.1, 0.15) is 50.2 Å². The summed E-state index contributed by atoms with van der Waals surface area (Å²) in [5.74, 6) is 2.38. The molecule has 0 bridgehead atoms. The predicted molar refractivity (Wildman–Crippen MR) is 117 cm³/mol. The predicted octanol–water partition coefficient (Wildman–Crippen LogP) is 3.03. The summed E-state index contributed by atoms with van der Waals surface area (Å²) in [5.41, 5.74) is 2.30. The van der Waals surface area contributed by atoms with Crippen molar-refractivity contribution in [2.45, 2.75) is 58.9 Å². The number of likely N-dealkylation sites (tertiary alicyclic amines) is 1. The topological polar surface area (TPSA) is 66.0 Å². The summed E-state index contributed by atoms with van der Waals surface area (Å²) in [6, 6.07) is 6.44. The number of carbonyl (C=O) groups is 1. The van der Waals surface area contributed by atoms with Crippen LogP contribution in [0.2, 0.25) is 0 Å². The molecule has 2 fully saturated rings. The Bertz CT molecular complexity index is 693. The van der Waals surface area contributed by atoms with Crippen molar-refractivity contribution in [1.82, 2.24) is 15.5 Å². The number of amides is 1. The number of benzene rings is 1. The minimum absolute atomic E-state index is 0.262. The second-order valence-electron chi connectivity index (χ2n) is 8.23. The molecule has 1 aliphatic carbocycles. The molecular formula is C23H36N4O2. The van der Waals surface area contributed by atoms with Crippen LogP contribution in [0.5, 0.6) is 5.75 Å². The second-order valence-corrected chi connectivity index (χ2v) is 8.23. The number of hydrogen-bond donors (Lipinski definition) is 2. The van der Waals surface area contributed by atoms with E-state index in [1.165, 1.54) is 12.8 Å². The molecule has 1 amide bonds. The van der Waals surface area contributed by atoms with Crippen molar-refractivity contribution in [2.75, 3.05) is 32.8 Å². The SMILES string of the molecule is CCNC(=NCCOc1c(C)cccc1C)NC1CCN(C(=O)C2CCCC2)C1. The van der Waals surface area contributed by atoms with Gasteiger partial charge in [0.05, 0.1) is 6.54 Å². The lowest BCUT2D eigenvalue weighted by molar-refractivity contribution is -0.134. The summed E-state index contributed by atoms with van der Waals surface area (Å²) in [5, 5.41) is 6.81. The van der Waals surface area contributed by atoms with Gasteiger partial charge in [0, 0.05) is 31.6 Å². The van der Waals surface area contributed by atoms with Crippen molar-refractivity contribution >= 4 is 11.9 Å². The van der Waals surface area contributed by atoms with E-state index in [1.807, 2.05) is 11.0 Å². The largest absolute Gasteiger partial charge is 0.491 e. The summed E-state index contributed by atoms with van der Waals surface area (Å²) >= 11 is 0. The molecule has 1 heterocycles. The number of nitrogens with one attached hydrogen (secondary N) is 2. The zero-order chi connectivity index (χ0) is 20.6. The Balaban J connectivity index is 1.47. The number of hydrogen-bond acceptors (Lipinski definition) is 3. The minimum Gasteiger partial charge on any atom is -0.491 e. The van der Waals surface area contributed by atoms with E-state index in [9.17, 15) is 4.79 Å². The molecule has 1 aromatic rings. The molecule has 0 spiro atoms. The Morgan fingerprint density at radius 1 is 1.21 bits per heavy atom. The van der Waals surface area contributed by atoms with E-state index < -0.39 is 0 Å². The van der Waals surface area contributed by atoms with Crippen LogP contribution in [0.4, 0.5) is 0 Å². The molecule has 0 aromatic heterocycles. The van der Waals surface area contributed by atoms with E-state index in [2.05, 4.69) is 48.5 Å². The number of rotatable bonds is 7. The van der Waals surface area contributed by atoms with Crippen LogP contribution < -0.4 is 15.4 Å². The van der Waals surface area contributed by atoms with Gasteiger partial charge in [-0.25, -0.2) is 4.99 Å². The molecule has 2 N–H and O–H groups in total. The normalized spacial score (nSPS) is 20.2. The Morgan fingerprint density at radius 2 is 1.93 bits per heavy atom. The molecule has 2 aliphatic rings. The maximum absolute atomic E-state index is 12.6. The number of guanidine groups is 1. The lowest BCUT2D eigenvalue weighted by atomic mass is 10.1. The Kier molecular flexibility index (Phi) is 7.78. The highest BCUT2D eigenvalue weighted by molar-refractivity contribution is 5.81. The molecule has 1 aromatic carbocycles. The van der Waals surface area contributed by atoms with Crippen molar-refractivity contribution in [3.05, 3.63) is 29.3 Å². The van der Waals surface area contributed by atoms with Crippen molar-refractivity contribution < 1.29 is 9.53 Å². The zero-order valence-electron chi connectivity index (χ0n) is 18.2. The van der Waals surface area contributed by atoms with Crippen LogP contribution in [0.3, 0.4) is 0 Å². The summed E-state index contributed by atoms with van der Waals surface area (Å²) < 4.78 is 5.96. The van der Waals surface area contributed by atoms with E-state index >= 15 is 0 Å². The first-order chi connectivity index (χ1) is 14.1. The fraction of sp³-hybridized carbons (Fsp3) is 0.652. The maximum atomic E-state index is 12.6. The fourth-order valence-electron chi connectivity index (χ4n) is 4.35. The Labute approximate surface area is 175 Å². The van der Waals surface area contributed by atoms with Gasteiger partial charge in [0.1, 0.15) is 12.4 Å². The quantitative estimate of drug-likeness (QED) is 0.419. The molecule has 1 atom stereocenters. The number of nitrogens with zero attached hydrogens (tertiary/aromatic N) is 2. The summed E-state index contributed by atoms with van der Waals surface area (Å²) in [6.45, 7) is 9.75.